The highest BCUT2D eigenvalue weighted by Crippen LogP contribution is 2.38. The number of hydrogen-bond acceptors (Lipinski definition) is 4. The molecule has 0 radical (unpaired) electrons. The van der Waals surface area contributed by atoms with Crippen molar-refractivity contribution in [2.75, 3.05) is 5.32 Å². The van der Waals surface area contributed by atoms with Crippen molar-refractivity contribution in [3.05, 3.63) is 28.9 Å². The van der Waals surface area contributed by atoms with Gasteiger partial charge in [-0.1, -0.05) is 0 Å². The van der Waals surface area contributed by atoms with Crippen LogP contribution in [0.15, 0.2) is 28.9 Å². The lowest BCUT2D eigenvalue weighted by atomic mass is 10.1. The van der Waals surface area contributed by atoms with Gasteiger partial charge in [-0.25, -0.2) is 4.79 Å². The van der Waals surface area contributed by atoms with E-state index in [1.807, 2.05) is 0 Å². The molecule has 1 amide bonds. The third kappa shape index (κ3) is 5.38. The molecule has 0 bridgehead atoms. The lowest BCUT2D eigenvalue weighted by molar-refractivity contribution is -0.274. The maximum Gasteiger partial charge on any atom is 0.573 e. The van der Waals surface area contributed by atoms with Gasteiger partial charge in [-0.3, -0.25) is 10.00 Å². The van der Waals surface area contributed by atoms with Crippen LogP contribution in [-0.4, -0.2) is 27.8 Å². The first-order chi connectivity index (χ1) is 11.9. The molecule has 0 saturated carbocycles. The summed E-state index contributed by atoms with van der Waals surface area (Å²) in [6.07, 6.45) is -4.14. The van der Waals surface area contributed by atoms with Crippen molar-refractivity contribution >= 4 is 27.7 Å². The van der Waals surface area contributed by atoms with Crippen LogP contribution in [0, 0.1) is 0 Å². The second-order valence-corrected chi connectivity index (χ2v) is 7.20. The maximum absolute atomic E-state index is 12.7. The Bertz CT molecular complexity index is 794. The van der Waals surface area contributed by atoms with Gasteiger partial charge < -0.3 is 9.47 Å². The van der Waals surface area contributed by atoms with Gasteiger partial charge in [-0.2, -0.15) is 5.10 Å². The minimum atomic E-state index is -4.86. The van der Waals surface area contributed by atoms with Crippen LogP contribution in [0.25, 0.3) is 11.3 Å². The molecule has 2 rings (SSSR count). The van der Waals surface area contributed by atoms with E-state index in [0.29, 0.717) is 10.2 Å². The lowest BCUT2D eigenvalue weighted by Crippen LogP contribution is -2.27. The number of rotatable bonds is 3. The van der Waals surface area contributed by atoms with Crippen LogP contribution in [0.2, 0.25) is 0 Å². The predicted octanol–water partition coefficient (Wildman–Crippen LogP) is 5.10. The summed E-state index contributed by atoms with van der Waals surface area (Å²) in [6, 6.07) is 3.76. The first kappa shape index (κ1) is 20.1. The van der Waals surface area contributed by atoms with Gasteiger partial charge in [0.25, 0.3) is 0 Å². The van der Waals surface area contributed by atoms with E-state index in [-0.39, 0.29) is 11.3 Å². The fraction of sp³-hybridized carbons (Fsp3) is 0.375. The average molecular weight is 436 g/mol. The van der Waals surface area contributed by atoms with E-state index in [1.54, 1.807) is 27.8 Å². The number of carbonyl (C=O) groups excluding carboxylic acids is 1. The van der Waals surface area contributed by atoms with Crippen LogP contribution >= 0.6 is 15.9 Å². The van der Waals surface area contributed by atoms with Gasteiger partial charge in [0.2, 0.25) is 0 Å². The molecule has 1 heterocycles. The highest BCUT2D eigenvalue weighted by Gasteiger charge is 2.33. The van der Waals surface area contributed by atoms with Crippen molar-refractivity contribution in [2.24, 2.45) is 7.05 Å². The summed E-state index contributed by atoms with van der Waals surface area (Å²) in [5, 5.41) is 6.48. The molecule has 2 aromatic rings. The van der Waals surface area contributed by atoms with Crippen molar-refractivity contribution in [3.8, 4) is 17.0 Å². The van der Waals surface area contributed by atoms with Crippen molar-refractivity contribution in [1.29, 1.82) is 0 Å². The Morgan fingerprint density at radius 1 is 1.27 bits per heavy atom. The summed E-state index contributed by atoms with van der Waals surface area (Å²) in [7, 11) is 1.57. The Hall–Kier alpha value is -2.23. The molecule has 0 unspecified atom stereocenters. The topological polar surface area (TPSA) is 65.4 Å². The number of aryl methyl sites for hydroxylation is 1. The predicted molar refractivity (Wildman–Crippen MR) is 92.9 cm³/mol. The molecule has 142 valence electrons. The van der Waals surface area contributed by atoms with E-state index < -0.39 is 23.8 Å². The minimum Gasteiger partial charge on any atom is -0.444 e. The van der Waals surface area contributed by atoms with Gasteiger partial charge in [0.1, 0.15) is 11.4 Å². The zero-order valence-corrected chi connectivity index (χ0v) is 16.0. The molecule has 1 N–H and O–H groups in total. The lowest BCUT2D eigenvalue weighted by Gasteiger charge is -2.20. The van der Waals surface area contributed by atoms with E-state index in [0.717, 1.165) is 6.07 Å². The Labute approximate surface area is 156 Å². The third-order valence-corrected chi connectivity index (χ3v) is 3.58. The van der Waals surface area contributed by atoms with E-state index in [2.05, 4.69) is 31.1 Å². The average Bonchev–Trinajstić information content (AvgIpc) is 2.76. The molecule has 0 fully saturated rings. The normalized spacial score (nSPS) is 12.0. The minimum absolute atomic E-state index is 0.0998. The highest BCUT2D eigenvalue weighted by molar-refractivity contribution is 9.10. The monoisotopic (exact) mass is 435 g/mol. The number of nitrogens with one attached hydrogen (secondary N) is 1. The fourth-order valence-electron chi connectivity index (χ4n) is 2.14. The number of carbonyl (C=O) groups is 1. The molecule has 0 saturated heterocycles. The van der Waals surface area contributed by atoms with Gasteiger partial charge in [0.15, 0.2) is 0 Å². The molecular weight excluding hydrogens is 419 g/mol. The number of amides is 1. The van der Waals surface area contributed by atoms with E-state index in [1.165, 1.54) is 23.0 Å². The van der Waals surface area contributed by atoms with E-state index in [4.69, 9.17) is 4.74 Å². The third-order valence-electron chi connectivity index (χ3n) is 3.00. The first-order valence-electron chi connectivity index (χ1n) is 7.43. The summed E-state index contributed by atoms with van der Waals surface area (Å²) in [5.74, 6) is -0.420. The molecule has 0 aliphatic rings. The smallest absolute Gasteiger partial charge is 0.444 e. The van der Waals surface area contributed by atoms with Crippen LogP contribution in [0.3, 0.4) is 0 Å². The molecular formula is C16H17BrF3N3O3. The standard InChI is InChI=1S/C16H17BrF3N3O3/c1-15(2,3)26-14(24)22-9-5-6-12(25-16(18,19)20)10(7-9)13-11(17)8-21-23(13)4/h5-8H,1-4H3,(H,22,24). The maximum atomic E-state index is 12.7. The largest absolute Gasteiger partial charge is 0.573 e. The van der Waals surface area contributed by atoms with Gasteiger partial charge in [-0.05, 0) is 54.9 Å². The SMILES string of the molecule is Cn1ncc(Br)c1-c1cc(NC(=O)OC(C)(C)C)ccc1OC(F)(F)F. The number of hydrogen-bond donors (Lipinski definition) is 1. The number of benzene rings is 1. The second-order valence-electron chi connectivity index (χ2n) is 6.35. The Kier molecular flexibility index (Phi) is 5.55. The number of anilines is 1. The molecule has 0 aliphatic heterocycles. The quantitative estimate of drug-likeness (QED) is 0.728. The van der Waals surface area contributed by atoms with Crippen LogP contribution in [0.1, 0.15) is 20.8 Å². The van der Waals surface area contributed by atoms with Gasteiger partial charge >= 0.3 is 12.5 Å². The molecule has 10 heteroatoms. The zero-order valence-electron chi connectivity index (χ0n) is 14.4. The van der Waals surface area contributed by atoms with E-state index in [9.17, 15) is 18.0 Å². The molecule has 26 heavy (non-hydrogen) atoms. The van der Waals surface area contributed by atoms with E-state index >= 15 is 0 Å². The van der Waals surface area contributed by atoms with Crippen molar-refractivity contribution in [3.63, 3.8) is 0 Å². The van der Waals surface area contributed by atoms with Gasteiger partial charge in [-0.15, -0.1) is 13.2 Å². The molecule has 0 aliphatic carbocycles. The molecule has 1 aromatic carbocycles. The first-order valence-corrected chi connectivity index (χ1v) is 8.23. The Morgan fingerprint density at radius 2 is 1.92 bits per heavy atom. The Morgan fingerprint density at radius 3 is 2.42 bits per heavy atom. The van der Waals surface area contributed by atoms with Crippen molar-refractivity contribution < 1.29 is 27.4 Å². The van der Waals surface area contributed by atoms with Crippen LogP contribution in [-0.2, 0) is 11.8 Å². The number of ether oxygens (including phenoxy) is 2. The Balaban J connectivity index is 2.43. The van der Waals surface area contributed by atoms with Crippen LogP contribution < -0.4 is 10.1 Å². The summed E-state index contributed by atoms with van der Waals surface area (Å²) in [4.78, 5) is 11.9. The second kappa shape index (κ2) is 7.18. The summed E-state index contributed by atoms with van der Waals surface area (Å²) in [6.45, 7) is 5.10. The highest BCUT2D eigenvalue weighted by atomic mass is 79.9. The summed E-state index contributed by atoms with van der Waals surface area (Å²) in [5.41, 5.74) is -0.00570. The molecule has 0 atom stereocenters. The van der Waals surface area contributed by atoms with Crippen LogP contribution in [0.5, 0.6) is 5.75 Å². The number of alkyl halides is 3. The zero-order chi connectivity index (χ0) is 19.7. The molecule has 1 aromatic heterocycles. The molecule has 6 nitrogen and oxygen atoms in total. The van der Waals surface area contributed by atoms with Gasteiger partial charge in [0, 0.05) is 18.3 Å². The number of halogens is 4. The summed E-state index contributed by atoms with van der Waals surface area (Å²) < 4.78 is 49.2. The summed E-state index contributed by atoms with van der Waals surface area (Å²) >= 11 is 3.25. The van der Waals surface area contributed by atoms with Gasteiger partial charge in [0.05, 0.1) is 16.4 Å². The number of aromatic nitrogens is 2. The van der Waals surface area contributed by atoms with Crippen LogP contribution in [0.4, 0.5) is 23.7 Å². The fourth-order valence-corrected chi connectivity index (χ4v) is 2.70. The van der Waals surface area contributed by atoms with Crippen molar-refractivity contribution in [2.45, 2.75) is 32.7 Å². The molecule has 0 spiro atoms. The number of nitrogens with zero attached hydrogens (tertiary/aromatic N) is 2. The van der Waals surface area contributed by atoms with Crippen molar-refractivity contribution in [1.82, 2.24) is 9.78 Å².